The first-order valence-electron chi connectivity index (χ1n) is 5.46. The third-order valence-electron chi connectivity index (χ3n) is 2.44. The van der Waals surface area contributed by atoms with Gasteiger partial charge in [-0.3, -0.25) is 0 Å². The van der Waals surface area contributed by atoms with Crippen LogP contribution >= 0.6 is 25.6 Å². The second-order valence-electron chi connectivity index (χ2n) is 3.79. The number of halogens is 4. The monoisotopic (exact) mass is 412 g/mol. The van der Waals surface area contributed by atoms with Crippen LogP contribution in [0.25, 0.3) is 0 Å². The van der Waals surface area contributed by atoms with Crippen LogP contribution in [0.3, 0.4) is 0 Å². The van der Waals surface area contributed by atoms with Gasteiger partial charge in [0, 0.05) is 16.7 Å². The van der Waals surface area contributed by atoms with E-state index in [2.05, 4.69) is 0 Å². The Morgan fingerprint density at radius 3 is 2.35 bits per heavy atom. The van der Waals surface area contributed by atoms with Crippen LogP contribution in [-0.2, 0) is 20.8 Å². The Kier molecular flexibility index (Phi) is 8.21. The second-order valence-corrected chi connectivity index (χ2v) is 8.85. The Bertz CT molecular complexity index is 584. The Balaban J connectivity index is 0.000000612. The van der Waals surface area contributed by atoms with Gasteiger partial charge in [0.25, 0.3) is 0 Å². The van der Waals surface area contributed by atoms with Gasteiger partial charge in [0.1, 0.15) is 17.4 Å². The number of aryl methyl sites for hydroxylation is 1. The zero-order valence-electron chi connectivity index (χ0n) is 10.4. The molecule has 0 spiro atoms. The molecule has 2 aromatic rings. The minimum absolute atomic E-state index is 0.0245. The molecule has 0 saturated carbocycles. The predicted molar refractivity (Wildman–Crippen MR) is 78.5 cm³/mol. The van der Waals surface area contributed by atoms with Crippen molar-refractivity contribution in [3.05, 3.63) is 53.6 Å². The molecule has 1 unspecified atom stereocenters. The molecular formula is C13H11Cl2F2OPZr. The molecule has 2 aromatic carbocycles. The summed E-state index contributed by atoms with van der Waals surface area (Å²) in [5.41, 5.74) is 0.748. The number of benzene rings is 2. The molecule has 1 N–H and O–H groups in total. The van der Waals surface area contributed by atoms with Gasteiger partial charge in [-0.2, -0.15) is 0 Å². The fourth-order valence-electron chi connectivity index (χ4n) is 1.50. The zero-order valence-corrected chi connectivity index (χ0v) is 15.4. The third-order valence-corrected chi connectivity index (χ3v) is 3.79. The van der Waals surface area contributed by atoms with Gasteiger partial charge in [0.2, 0.25) is 0 Å². The number of hydrogen-bond acceptors (Lipinski definition) is 1. The van der Waals surface area contributed by atoms with Crippen molar-refractivity contribution in [1.29, 1.82) is 0 Å². The van der Waals surface area contributed by atoms with Crippen LogP contribution in [0.15, 0.2) is 36.4 Å². The molecule has 0 aliphatic heterocycles. The molecule has 2 rings (SSSR count). The van der Waals surface area contributed by atoms with Gasteiger partial charge in [-0.15, -0.1) is 0 Å². The molecule has 0 aliphatic carbocycles. The predicted octanol–water partition coefficient (Wildman–Crippen LogP) is 3.98. The number of aromatic hydroxyl groups is 1. The van der Waals surface area contributed by atoms with Gasteiger partial charge in [-0.05, 0) is 24.6 Å². The van der Waals surface area contributed by atoms with E-state index >= 15 is 0 Å². The van der Waals surface area contributed by atoms with Crippen molar-refractivity contribution < 1.29 is 34.7 Å². The van der Waals surface area contributed by atoms with Crippen molar-refractivity contribution in [3.8, 4) is 5.75 Å². The number of para-hydroxylation sites is 1. The normalized spacial score (nSPS) is 10.2. The Morgan fingerprint density at radius 2 is 1.75 bits per heavy atom. The number of phenolic OH excluding ortho intramolecular Hbond substituents is 1. The molecule has 0 aliphatic rings. The van der Waals surface area contributed by atoms with Gasteiger partial charge in [0.05, 0.1) is 0 Å². The van der Waals surface area contributed by atoms with Gasteiger partial charge in [-0.1, -0.05) is 26.8 Å². The Morgan fingerprint density at radius 1 is 1.10 bits per heavy atom. The number of phenols is 1. The summed E-state index contributed by atoms with van der Waals surface area (Å²) in [6, 6.07) is 8.81. The fourth-order valence-corrected chi connectivity index (χ4v) is 2.64. The van der Waals surface area contributed by atoms with Crippen LogP contribution in [0.1, 0.15) is 5.56 Å². The van der Waals surface area contributed by atoms with E-state index in [0.717, 1.165) is 11.6 Å². The fraction of sp³-hybridized carbons (Fsp3) is 0.0769. The first kappa shape index (κ1) is 18.0. The molecule has 20 heavy (non-hydrogen) atoms. The van der Waals surface area contributed by atoms with E-state index in [4.69, 9.17) is 17.0 Å². The molecular weight excluding hydrogens is 403 g/mol. The van der Waals surface area contributed by atoms with Crippen LogP contribution < -0.4 is 10.6 Å². The quantitative estimate of drug-likeness (QED) is 0.738. The maximum absolute atomic E-state index is 13.5. The molecule has 0 saturated heterocycles. The summed E-state index contributed by atoms with van der Waals surface area (Å²) in [5.74, 6) is -0.997. The second kappa shape index (κ2) is 9.10. The molecule has 1 nitrogen and oxygen atoms in total. The molecule has 1 atom stereocenters. The Labute approximate surface area is 136 Å². The van der Waals surface area contributed by atoms with E-state index in [0.29, 0.717) is 10.6 Å². The molecule has 0 fully saturated rings. The SMILES string of the molecule is Cc1cccc(Pc2ccc(F)cc2F)c1O.[Cl][Zr][Cl]. The van der Waals surface area contributed by atoms with Crippen molar-refractivity contribution >= 4 is 36.2 Å². The number of rotatable bonds is 2. The van der Waals surface area contributed by atoms with Gasteiger partial charge >= 0.3 is 37.9 Å². The molecule has 0 aromatic heterocycles. The summed E-state index contributed by atoms with van der Waals surface area (Å²) in [6.45, 7) is 1.78. The summed E-state index contributed by atoms with van der Waals surface area (Å²) in [5, 5.41) is 10.9. The minimum atomic E-state index is -0.826. The van der Waals surface area contributed by atoms with E-state index in [1.807, 2.05) is 0 Å². The maximum atomic E-state index is 13.5. The van der Waals surface area contributed by atoms with E-state index in [9.17, 15) is 13.9 Å². The summed E-state index contributed by atoms with van der Waals surface area (Å²) in [6.07, 6.45) is 0. The van der Waals surface area contributed by atoms with Gasteiger partial charge in [0.15, 0.2) is 0 Å². The van der Waals surface area contributed by atoms with Gasteiger partial charge in [-0.25, -0.2) is 8.78 Å². The van der Waals surface area contributed by atoms with Crippen molar-refractivity contribution in [2.75, 3.05) is 0 Å². The van der Waals surface area contributed by atoms with Crippen molar-refractivity contribution in [2.45, 2.75) is 6.92 Å². The molecule has 0 radical (unpaired) electrons. The molecule has 7 heteroatoms. The summed E-state index contributed by atoms with van der Waals surface area (Å²) in [7, 11) is 9.84. The van der Waals surface area contributed by atoms with Crippen LogP contribution in [-0.4, -0.2) is 5.11 Å². The average molecular weight is 414 g/mol. The van der Waals surface area contributed by atoms with Crippen molar-refractivity contribution in [1.82, 2.24) is 0 Å². The van der Waals surface area contributed by atoms with Crippen molar-refractivity contribution in [2.24, 2.45) is 0 Å². The van der Waals surface area contributed by atoms with E-state index in [-0.39, 0.29) is 14.3 Å². The van der Waals surface area contributed by atoms with Crippen LogP contribution in [0.4, 0.5) is 8.78 Å². The Hall–Kier alpha value is -0.00688. The standard InChI is InChI=1S/C13H11F2OP.2ClH.Zr/c1-8-3-2-4-12(13(8)16)17-11-6-5-9(14)7-10(11)15;;;/h2-7,16-17H,1H3;2*1H;/q;;;+2/p-2. The zero-order chi connectivity index (χ0) is 15.1. The van der Waals surface area contributed by atoms with E-state index in [1.165, 1.54) is 12.1 Å². The van der Waals surface area contributed by atoms with Crippen LogP contribution in [0.2, 0.25) is 0 Å². The molecule has 0 bridgehead atoms. The first-order chi connectivity index (χ1) is 9.49. The molecule has 0 amide bonds. The molecule has 0 heterocycles. The molecule has 106 valence electrons. The number of hydrogen-bond donors (Lipinski definition) is 1. The topological polar surface area (TPSA) is 20.2 Å². The summed E-state index contributed by atoms with van der Waals surface area (Å²) >= 11 is -0.826. The summed E-state index contributed by atoms with van der Waals surface area (Å²) in [4.78, 5) is 0. The van der Waals surface area contributed by atoms with E-state index in [1.54, 1.807) is 25.1 Å². The summed E-state index contributed by atoms with van der Waals surface area (Å²) < 4.78 is 26.2. The van der Waals surface area contributed by atoms with Gasteiger partial charge < -0.3 is 5.11 Å². The van der Waals surface area contributed by atoms with E-state index < -0.39 is 32.5 Å². The first-order valence-corrected chi connectivity index (χ1v) is 12.8. The average Bonchev–Trinajstić information content (AvgIpc) is 2.39. The van der Waals surface area contributed by atoms with Crippen molar-refractivity contribution in [3.63, 3.8) is 0 Å². The third kappa shape index (κ3) is 5.41. The van der Waals surface area contributed by atoms with Crippen LogP contribution in [0.5, 0.6) is 5.75 Å². The van der Waals surface area contributed by atoms with Crippen LogP contribution in [0, 0.1) is 18.6 Å².